The molecule has 2 rings (SSSR count). The molecule has 2 unspecified atom stereocenters. The number of hydrogen-bond acceptors (Lipinski definition) is 3. The zero-order chi connectivity index (χ0) is 10.2. The fraction of sp³-hybridized carbons (Fsp3) is 1.00. The molecule has 0 amide bonds. The monoisotopic (exact) mass is 199 g/mol. The molecule has 0 spiro atoms. The number of fused-ring (bicyclic) bond motifs is 2. The number of ether oxygens (including phenoxy) is 1. The van der Waals surface area contributed by atoms with Crippen molar-refractivity contribution in [2.24, 2.45) is 0 Å². The van der Waals surface area contributed by atoms with Crippen LogP contribution in [0.3, 0.4) is 0 Å². The van der Waals surface area contributed by atoms with Crippen LogP contribution in [-0.4, -0.2) is 48.5 Å². The molecule has 2 aliphatic rings. The van der Waals surface area contributed by atoms with E-state index < -0.39 is 5.60 Å². The van der Waals surface area contributed by atoms with Gasteiger partial charge in [0.05, 0.1) is 5.60 Å². The van der Waals surface area contributed by atoms with E-state index in [1.165, 1.54) is 12.8 Å². The van der Waals surface area contributed by atoms with Crippen LogP contribution in [0.5, 0.6) is 0 Å². The van der Waals surface area contributed by atoms with Gasteiger partial charge in [0.2, 0.25) is 0 Å². The molecule has 3 heteroatoms. The summed E-state index contributed by atoms with van der Waals surface area (Å²) in [6, 6.07) is 1.21. The van der Waals surface area contributed by atoms with Gasteiger partial charge in [0, 0.05) is 25.8 Å². The van der Waals surface area contributed by atoms with Gasteiger partial charge in [0.25, 0.3) is 0 Å². The number of nitrogens with zero attached hydrogens (tertiary/aromatic N) is 1. The predicted molar refractivity (Wildman–Crippen MR) is 55.2 cm³/mol. The van der Waals surface area contributed by atoms with Crippen LogP contribution in [0.1, 0.15) is 32.1 Å². The van der Waals surface area contributed by atoms with Crippen LogP contribution in [0.15, 0.2) is 0 Å². The normalized spacial score (nSPS) is 43.1. The molecule has 14 heavy (non-hydrogen) atoms. The molecule has 0 radical (unpaired) electrons. The Morgan fingerprint density at radius 2 is 1.93 bits per heavy atom. The van der Waals surface area contributed by atoms with E-state index in [0.717, 1.165) is 19.3 Å². The van der Waals surface area contributed by atoms with Gasteiger partial charge in [-0.3, -0.25) is 0 Å². The van der Waals surface area contributed by atoms with Crippen molar-refractivity contribution in [2.45, 2.75) is 49.8 Å². The number of rotatable bonds is 3. The molecule has 2 bridgehead atoms. The van der Waals surface area contributed by atoms with Crippen LogP contribution in [0, 0.1) is 0 Å². The van der Waals surface area contributed by atoms with Gasteiger partial charge in [0.15, 0.2) is 0 Å². The Morgan fingerprint density at radius 3 is 2.43 bits per heavy atom. The van der Waals surface area contributed by atoms with E-state index in [2.05, 4.69) is 11.9 Å². The molecule has 2 heterocycles. The lowest BCUT2D eigenvalue weighted by molar-refractivity contribution is -0.0612. The zero-order valence-electron chi connectivity index (χ0n) is 9.20. The SMILES string of the molecule is COCCC1(O)CC2CCC(C1)N2C. The second-order valence-electron chi connectivity index (χ2n) is 4.93. The molecule has 0 aromatic carbocycles. The molecule has 2 saturated heterocycles. The van der Waals surface area contributed by atoms with E-state index in [4.69, 9.17) is 4.74 Å². The lowest BCUT2D eigenvalue weighted by Crippen LogP contribution is -2.49. The van der Waals surface area contributed by atoms with E-state index in [0.29, 0.717) is 18.7 Å². The summed E-state index contributed by atoms with van der Waals surface area (Å²) in [4.78, 5) is 2.45. The van der Waals surface area contributed by atoms with Crippen molar-refractivity contribution in [3.8, 4) is 0 Å². The van der Waals surface area contributed by atoms with E-state index >= 15 is 0 Å². The highest BCUT2D eigenvalue weighted by Crippen LogP contribution is 2.41. The van der Waals surface area contributed by atoms with Crippen molar-refractivity contribution < 1.29 is 9.84 Å². The molecule has 2 fully saturated rings. The van der Waals surface area contributed by atoms with Crippen LogP contribution < -0.4 is 0 Å². The molecule has 0 aliphatic carbocycles. The molecule has 2 atom stereocenters. The van der Waals surface area contributed by atoms with E-state index in [9.17, 15) is 5.11 Å². The zero-order valence-corrected chi connectivity index (χ0v) is 9.20. The van der Waals surface area contributed by atoms with Gasteiger partial charge in [-0.1, -0.05) is 0 Å². The van der Waals surface area contributed by atoms with Crippen molar-refractivity contribution >= 4 is 0 Å². The minimum atomic E-state index is -0.450. The number of aliphatic hydroxyl groups is 1. The first-order valence-corrected chi connectivity index (χ1v) is 5.58. The number of methoxy groups -OCH3 is 1. The van der Waals surface area contributed by atoms with Gasteiger partial charge in [-0.2, -0.15) is 0 Å². The first kappa shape index (κ1) is 10.4. The molecule has 3 nitrogen and oxygen atoms in total. The molecule has 0 aromatic heterocycles. The van der Waals surface area contributed by atoms with Gasteiger partial charge in [0.1, 0.15) is 0 Å². The summed E-state index contributed by atoms with van der Waals surface area (Å²) in [6.45, 7) is 0.680. The van der Waals surface area contributed by atoms with E-state index in [1.807, 2.05) is 0 Å². The summed E-state index contributed by atoms with van der Waals surface area (Å²) in [7, 11) is 3.89. The van der Waals surface area contributed by atoms with Crippen LogP contribution in [0.25, 0.3) is 0 Å². The quantitative estimate of drug-likeness (QED) is 0.736. The summed E-state index contributed by atoms with van der Waals surface area (Å²) in [6.07, 6.45) is 5.18. The lowest BCUT2D eigenvalue weighted by atomic mass is 9.84. The number of hydrogen-bond donors (Lipinski definition) is 1. The lowest BCUT2D eigenvalue weighted by Gasteiger charge is -2.42. The molecule has 1 N–H and O–H groups in total. The highest BCUT2D eigenvalue weighted by atomic mass is 16.5. The summed E-state index contributed by atoms with van der Waals surface area (Å²) >= 11 is 0. The summed E-state index contributed by atoms with van der Waals surface area (Å²) < 4.78 is 5.05. The first-order chi connectivity index (χ1) is 6.64. The Morgan fingerprint density at radius 1 is 1.36 bits per heavy atom. The van der Waals surface area contributed by atoms with Gasteiger partial charge in [-0.05, 0) is 39.2 Å². The average Bonchev–Trinajstić information content (AvgIpc) is 2.41. The Labute approximate surface area is 86.0 Å². The van der Waals surface area contributed by atoms with Crippen molar-refractivity contribution in [3.05, 3.63) is 0 Å². The maximum Gasteiger partial charge on any atom is 0.0699 e. The smallest absolute Gasteiger partial charge is 0.0699 e. The molecule has 2 aliphatic heterocycles. The molecule has 82 valence electrons. The van der Waals surface area contributed by atoms with Crippen LogP contribution >= 0.6 is 0 Å². The Bertz CT molecular complexity index is 193. The van der Waals surface area contributed by atoms with Gasteiger partial charge < -0.3 is 14.7 Å². The van der Waals surface area contributed by atoms with Gasteiger partial charge >= 0.3 is 0 Å². The molecular formula is C11H21NO2. The van der Waals surface area contributed by atoms with Gasteiger partial charge in [-0.25, -0.2) is 0 Å². The Kier molecular flexibility index (Phi) is 2.82. The highest BCUT2D eigenvalue weighted by Gasteiger charge is 2.45. The topological polar surface area (TPSA) is 32.7 Å². The summed E-state index contributed by atoms with van der Waals surface area (Å²) in [5, 5.41) is 10.4. The second kappa shape index (κ2) is 3.80. The Balaban J connectivity index is 1.97. The third kappa shape index (κ3) is 1.81. The molecular weight excluding hydrogens is 178 g/mol. The van der Waals surface area contributed by atoms with Crippen LogP contribution in [0.4, 0.5) is 0 Å². The first-order valence-electron chi connectivity index (χ1n) is 5.58. The van der Waals surface area contributed by atoms with Gasteiger partial charge in [-0.15, -0.1) is 0 Å². The molecule has 0 saturated carbocycles. The van der Waals surface area contributed by atoms with Crippen LogP contribution in [-0.2, 0) is 4.74 Å². The Hall–Kier alpha value is -0.120. The van der Waals surface area contributed by atoms with Crippen molar-refractivity contribution in [1.82, 2.24) is 4.90 Å². The third-order valence-electron chi connectivity index (χ3n) is 3.99. The minimum absolute atomic E-state index is 0.450. The predicted octanol–water partition coefficient (Wildman–Crippen LogP) is 1.01. The summed E-state index contributed by atoms with van der Waals surface area (Å²) in [5.74, 6) is 0. The highest BCUT2D eigenvalue weighted by molar-refractivity contribution is 5.00. The summed E-state index contributed by atoms with van der Waals surface area (Å²) in [5.41, 5.74) is -0.450. The largest absolute Gasteiger partial charge is 0.390 e. The maximum absolute atomic E-state index is 10.4. The van der Waals surface area contributed by atoms with Crippen LogP contribution in [0.2, 0.25) is 0 Å². The minimum Gasteiger partial charge on any atom is -0.390 e. The van der Waals surface area contributed by atoms with Crippen molar-refractivity contribution in [1.29, 1.82) is 0 Å². The van der Waals surface area contributed by atoms with Crippen molar-refractivity contribution in [2.75, 3.05) is 20.8 Å². The maximum atomic E-state index is 10.4. The second-order valence-corrected chi connectivity index (χ2v) is 4.93. The third-order valence-corrected chi connectivity index (χ3v) is 3.99. The number of piperidine rings is 1. The average molecular weight is 199 g/mol. The van der Waals surface area contributed by atoms with E-state index in [1.54, 1.807) is 7.11 Å². The fourth-order valence-electron chi connectivity index (χ4n) is 3.04. The van der Waals surface area contributed by atoms with Crippen molar-refractivity contribution in [3.63, 3.8) is 0 Å². The standard InChI is InChI=1S/C11H21NO2/c1-12-9-3-4-10(12)8-11(13,7-9)5-6-14-2/h9-10,13H,3-8H2,1-2H3. The fourth-order valence-corrected chi connectivity index (χ4v) is 3.04. The molecule has 0 aromatic rings. The van der Waals surface area contributed by atoms with E-state index in [-0.39, 0.29) is 0 Å².